The molecule has 82 valence electrons. The van der Waals surface area contributed by atoms with Crippen LogP contribution >= 0.6 is 0 Å². The normalized spacial score (nSPS) is 31.9. The minimum absolute atomic E-state index is 0.484. The number of hydrogen-bond acceptors (Lipinski definition) is 2. The van der Waals surface area contributed by atoms with Crippen molar-refractivity contribution in [3.8, 4) is 0 Å². The molecule has 2 rings (SSSR count). The van der Waals surface area contributed by atoms with E-state index in [0.717, 1.165) is 5.92 Å². The average Bonchev–Trinajstić information content (AvgIpc) is 2.74. The molecule has 1 aliphatic heterocycles. The molecule has 0 aromatic heterocycles. The highest BCUT2D eigenvalue weighted by atomic mass is 16.5. The van der Waals surface area contributed by atoms with Crippen molar-refractivity contribution in [1.29, 1.82) is 0 Å². The van der Waals surface area contributed by atoms with Gasteiger partial charge in [0, 0.05) is 13.2 Å². The van der Waals surface area contributed by atoms with E-state index in [1.807, 2.05) is 7.11 Å². The third-order valence-corrected chi connectivity index (χ3v) is 3.88. The summed E-state index contributed by atoms with van der Waals surface area (Å²) < 4.78 is 5.71. The maximum absolute atomic E-state index is 5.71. The SMILES string of the molecule is COC(C1CCCCC1)[C@H]1CCCN1. The van der Waals surface area contributed by atoms with Gasteiger partial charge >= 0.3 is 0 Å². The quantitative estimate of drug-likeness (QED) is 0.750. The molecule has 2 aliphatic rings. The summed E-state index contributed by atoms with van der Waals surface area (Å²) in [6, 6.07) is 0.642. The first-order valence-electron chi connectivity index (χ1n) is 6.18. The van der Waals surface area contributed by atoms with Gasteiger partial charge in [0.2, 0.25) is 0 Å². The van der Waals surface area contributed by atoms with E-state index in [1.54, 1.807) is 0 Å². The molecule has 2 fully saturated rings. The molecule has 1 heterocycles. The van der Waals surface area contributed by atoms with E-state index in [1.165, 1.54) is 51.5 Å². The molecule has 0 radical (unpaired) electrons. The fourth-order valence-electron chi connectivity index (χ4n) is 3.14. The van der Waals surface area contributed by atoms with Crippen LogP contribution in [0.15, 0.2) is 0 Å². The molecule has 1 saturated carbocycles. The van der Waals surface area contributed by atoms with Crippen LogP contribution in [0.1, 0.15) is 44.9 Å². The van der Waals surface area contributed by atoms with E-state index < -0.39 is 0 Å². The third kappa shape index (κ3) is 2.29. The smallest absolute Gasteiger partial charge is 0.0752 e. The molecule has 1 aliphatic carbocycles. The minimum Gasteiger partial charge on any atom is -0.380 e. The minimum atomic E-state index is 0.484. The van der Waals surface area contributed by atoms with Crippen LogP contribution in [0.5, 0.6) is 0 Å². The molecule has 0 amide bonds. The van der Waals surface area contributed by atoms with Crippen LogP contribution in [0.25, 0.3) is 0 Å². The van der Waals surface area contributed by atoms with Gasteiger partial charge in [0.05, 0.1) is 6.10 Å². The Morgan fingerprint density at radius 2 is 1.86 bits per heavy atom. The summed E-state index contributed by atoms with van der Waals surface area (Å²) in [5.74, 6) is 0.823. The van der Waals surface area contributed by atoms with Crippen molar-refractivity contribution >= 4 is 0 Å². The lowest BCUT2D eigenvalue weighted by atomic mass is 9.82. The maximum atomic E-state index is 5.71. The van der Waals surface area contributed by atoms with Crippen LogP contribution < -0.4 is 5.32 Å². The van der Waals surface area contributed by atoms with E-state index in [-0.39, 0.29) is 0 Å². The van der Waals surface area contributed by atoms with E-state index in [0.29, 0.717) is 12.1 Å². The molecule has 1 saturated heterocycles. The summed E-state index contributed by atoms with van der Waals surface area (Å²) in [6.45, 7) is 1.19. The Morgan fingerprint density at radius 1 is 1.07 bits per heavy atom. The molecule has 0 spiro atoms. The van der Waals surface area contributed by atoms with Gasteiger partial charge in [0.25, 0.3) is 0 Å². The first-order valence-corrected chi connectivity index (χ1v) is 6.18. The molecule has 2 nitrogen and oxygen atoms in total. The van der Waals surface area contributed by atoms with Gasteiger partial charge in [0.15, 0.2) is 0 Å². The van der Waals surface area contributed by atoms with Crippen molar-refractivity contribution in [2.45, 2.75) is 57.1 Å². The summed E-state index contributed by atoms with van der Waals surface area (Å²) >= 11 is 0. The lowest BCUT2D eigenvalue weighted by Gasteiger charge is -2.33. The highest BCUT2D eigenvalue weighted by molar-refractivity contribution is 4.87. The Morgan fingerprint density at radius 3 is 2.43 bits per heavy atom. The fraction of sp³-hybridized carbons (Fsp3) is 1.00. The summed E-state index contributed by atoms with van der Waals surface area (Å²) in [5.41, 5.74) is 0. The molecular formula is C12H23NO. The molecule has 0 bridgehead atoms. The van der Waals surface area contributed by atoms with Crippen LogP contribution in [0.2, 0.25) is 0 Å². The highest BCUT2D eigenvalue weighted by Crippen LogP contribution is 2.31. The number of rotatable bonds is 3. The van der Waals surface area contributed by atoms with Crippen molar-refractivity contribution in [3.63, 3.8) is 0 Å². The van der Waals surface area contributed by atoms with Gasteiger partial charge in [-0.15, -0.1) is 0 Å². The first kappa shape index (κ1) is 10.4. The monoisotopic (exact) mass is 197 g/mol. The van der Waals surface area contributed by atoms with Gasteiger partial charge in [-0.05, 0) is 38.1 Å². The molecule has 1 N–H and O–H groups in total. The van der Waals surface area contributed by atoms with Crippen LogP contribution in [0.4, 0.5) is 0 Å². The zero-order valence-corrected chi connectivity index (χ0v) is 9.30. The van der Waals surface area contributed by atoms with Crippen molar-refractivity contribution < 1.29 is 4.74 Å². The van der Waals surface area contributed by atoms with Gasteiger partial charge in [0.1, 0.15) is 0 Å². The van der Waals surface area contributed by atoms with Crippen molar-refractivity contribution in [2.24, 2.45) is 5.92 Å². The van der Waals surface area contributed by atoms with E-state index >= 15 is 0 Å². The largest absolute Gasteiger partial charge is 0.380 e. The number of methoxy groups -OCH3 is 1. The Labute approximate surface area is 87.4 Å². The summed E-state index contributed by atoms with van der Waals surface area (Å²) in [7, 11) is 1.89. The zero-order chi connectivity index (χ0) is 9.80. The molecular weight excluding hydrogens is 174 g/mol. The van der Waals surface area contributed by atoms with E-state index in [4.69, 9.17) is 4.74 Å². The van der Waals surface area contributed by atoms with Crippen LogP contribution in [0.3, 0.4) is 0 Å². The summed E-state index contributed by atoms with van der Waals surface area (Å²) in [5, 5.41) is 3.58. The van der Waals surface area contributed by atoms with Gasteiger partial charge in [-0.25, -0.2) is 0 Å². The van der Waals surface area contributed by atoms with Gasteiger partial charge < -0.3 is 10.1 Å². The third-order valence-electron chi connectivity index (χ3n) is 3.88. The van der Waals surface area contributed by atoms with Crippen LogP contribution in [-0.2, 0) is 4.74 Å². The molecule has 2 atom stereocenters. The fourth-order valence-corrected chi connectivity index (χ4v) is 3.14. The Hall–Kier alpha value is -0.0800. The molecule has 0 aromatic carbocycles. The van der Waals surface area contributed by atoms with Crippen LogP contribution in [0, 0.1) is 5.92 Å². The standard InChI is InChI=1S/C12H23NO/c1-14-12(11-8-5-9-13-11)10-6-3-2-4-7-10/h10-13H,2-9H2,1H3/t11-,12?/m1/s1. The van der Waals surface area contributed by atoms with Gasteiger partial charge in [-0.2, -0.15) is 0 Å². The second-order valence-electron chi connectivity index (χ2n) is 4.80. The van der Waals surface area contributed by atoms with Gasteiger partial charge in [-0.1, -0.05) is 19.3 Å². The highest BCUT2D eigenvalue weighted by Gasteiger charge is 2.31. The Bertz CT molecular complexity index is 160. The average molecular weight is 197 g/mol. The Kier molecular flexibility index (Phi) is 3.82. The lowest BCUT2D eigenvalue weighted by Crippen LogP contribution is -2.42. The molecule has 2 heteroatoms. The van der Waals surface area contributed by atoms with Crippen molar-refractivity contribution in [2.75, 3.05) is 13.7 Å². The summed E-state index contributed by atoms with van der Waals surface area (Å²) in [4.78, 5) is 0. The zero-order valence-electron chi connectivity index (χ0n) is 9.30. The van der Waals surface area contributed by atoms with Crippen LogP contribution in [-0.4, -0.2) is 25.8 Å². The molecule has 1 unspecified atom stereocenters. The second-order valence-corrected chi connectivity index (χ2v) is 4.80. The number of hydrogen-bond donors (Lipinski definition) is 1. The Balaban J connectivity index is 1.89. The predicted molar refractivity (Wildman–Crippen MR) is 58.4 cm³/mol. The van der Waals surface area contributed by atoms with E-state index in [9.17, 15) is 0 Å². The summed E-state index contributed by atoms with van der Waals surface area (Å²) in [6.07, 6.45) is 10.2. The predicted octanol–water partition coefficient (Wildman–Crippen LogP) is 2.33. The van der Waals surface area contributed by atoms with Crippen molar-refractivity contribution in [1.82, 2.24) is 5.32 Å². The second kappa shape index (κ2) is 5.13. The topological polar surface area (TPSA) is 21.3 Å². The number of ether oxygens (including phenoxy) is 1. The lowest BCUT2D eigenvalue weighted by molar-refractivity contribution is 0.0130. The number of nitrogens with one attached hydrogen (secondary N) is 1. The molecule has 14 heavy (non-hydrogen) atoms. The molecule has 0 aromatic rings. The first-order chi connectivity index (χ1) is 6.92. The van der Waals surface area contributed by atoms with Gasteiger partial charge in [-0.3, -0.25) is 0 Å². The van der Waals surface area contributed by atoms with Crippen molar-refractivity contribution in [3.05, 3.63) is 0 Å². The maximum Gasteiger partial charge on any atom is 0.0752 e. The van der Waals surface area contributed by atoms with E-state index in [2.05, 4.69) is 5.32 Å².